The second-order valence-electron chi connectivity index (χ2n) is 8.10. The summed E-state index contributed by atoms with van der Waals surface area (Å²) in [6.45, 7) is 10.8. The summed E-state index contributed by atoms with van der Waals surface area (Å²) in [6, 6.07) is 0. The Hall–Kier alpha value is -0.340. The van der Waals surface area contributed by atoms with Crippen molar-refractivity contribution in [1.29, 1.82) is 0 Å². The first-order valence-electron chi connectivity index (χ1n) is 11.0. The highest BCUT2D eigenvalue weighted by molar-refractivity contribution is 5.79. The van der Waals surface area contributed by atoms with E-state index in [1.807, 2.05) is 6.08 Å². The Morgan fingerprint density at radius 2 is 1.23 bits per heavy atom. The van der Waals surface area contributed by atoms with Crippen LogP contribution in [0, 0.1) is 0 Å². The lowest BCUT2D eigenvalue weighted by molar-refractivity contribution is -0.894. The van der Waals surface area contributed by atoms with Crippen LogP contribution in [-0.2, 0) is 4.79 Å². The summed E-state index contributed by atoms with van der Waals surface area (Å²) in [5.41, 5.74) is 0. The van der Waals surface area contributed by atoms with Crippen LogP contribution >= 0.6 is 0 Å². The van der Waals surface area contributed by atoms with E-state index in [-0.39, 0.29) is 12.4 Å². The molecule has 2 nitrogen and oxygen atoms in total. The molecular formula is C23H46ClNO. The molecule has 26 heavy (non-hydrogen) atoms. The van der Waals surface area contributed by atoms with Crippen molar-refractivity contribution in [3.63, 3.8) is 0 Å². The number of halogens is 1. The van der Waals surface area contributed by atoms with E-state index in [4.69, 9.17) is 0 Å². The van der Waals surface area contributed by atoms with E-state index in [9.17, 15) is 4.79 Å². The second kappa shape index (κ2) is 19.4. The van der Waals surface area contributed by atoms with Gasteiger partial charge >= 0.3 is 0 Å². The maximum absolute atomic E-state index is 12.1. The molecular weight excluding hydrogens is 342 g/mol. The first-order chi connectivity index (χ1) is 12.1. The van der Waals surface area contributed by atoms with Crippen LogP contribution in [0.2, 0.25) is 0 Å². The van der Waals surface area contributed by atoms with Gasteiger partial charge in [0.2, 0.25) is 0 Å². The number of hydrogen-bond donors (Lipinski definition) is 0. The van der Waals surface area contributed by atoms with Gasteiger partial charge in [0, 0.05) is 6.42 Å². The van der Waals surface area contributed by atoms with Crippen molar-refractivity contribution < 1.29 is 21.7 Å². The Labute approximate surface area is 170 Å². The maximum Gasteiger partial charge on any atom is 0.186 e. The fraction of sp³-hybridized carbons (Fsp3) is 0.870. The largest absolute Gasteiger partial charge is 1.00 e. The van der Waals surface area contributed by atoms with E-state index in [0.29, 0.717) is 12.3 Å². The maximum atomic E-state index is 12.1. The molecule has 0 spiro atoms. The van der Waals surface area contributed by atoms with Crippen LogP contribution in [0.1, 0.15) is 104 Å². The van der Waals surface area contributed by atoms with Gasteiger partial charge in [-0.05, 0) is 19.4 Å². The van der Waals surface area contributed by atoms with E-state index in [1.165, 1.54) is 77.0 Å². The zero-order valence-electron chi connectivity index (χ0n) is 18.0. The molecule has 0 fully saturated rings. The molecule has 0 N–H and O–H groups in total. The van der Waals surface area contributed by atoms with Gasteiger partial charge in [-0.2, -0.15) is 0 Å². The Morgan fingerprint density at radius 1 is 0.808 bits per heavy atom. The normalized spacial score (nSPS) is 13.0. The average Bonchev–Trinajstić information content (AvgIpc) is 2.59. The number of rotatable bonds is 19. The molecule has 3 heteroatoms. The Balaban J connectivity index is 0. The molecule has 0 aromatic heterocycles. The van der Waals surface area contributed by atoms with Crippen molar-refractivity contribution in [2.45, 2.75) is 104 Å². The number of carbonyl (C=O) groups is 1. The fourth-order valence-corrected chi connectivity index (χ4v) is 3.46. The van der Waals surface area contributed by atoms with Gasteiger partial charge in [0.1, 0.15) is 6.54 Å². The standard InChI is InChI=1S/C23H46NO.ClH/c1-5-8-9-10-11-12-13-14-15-16-17-18-19-20-23(25)22-24(4,7-3)21-6-2;/h6H,2,5,7-22H2,1,3-4H3;1H/q+1;/p-1. The molecule has 0 aromatic rings. The summed E-state index contributed by atoms with van der Waals surface area (Å²) in [4.78, 5) is 12.1. The fourth-order valence-electron chi connectivity index (χ4n) is 3.46. The molecule has 0 aliphatic heterocycles. The van der Waals surface area contributed by atoms with Gasteiger partial charge in [0.05, 0.1) is 20.1 Å². The molecule has 0 aromatic carbocycles. The quantitative estimate of drug-likeness (QED) is 0.188. The lowest BCUT2D eigenvalue weighted by atomic mass is 10.0. The molecule has 0 heterocycles. The summed E-state index contributed by atoms with van der Waals surface area (Å²) in [5, 5.41) is 0. The van der Waals surface area contributed by atoms with E-state index in [2.05, 4.69) is 27.5 Å². The SMILES string of the molecule is C=CC[N+](C)(CC)CC(=O)CCCCCCCCCCCCCCC.[Cl-]. The van der Waals surface area contributed by atoms with Crippen LogP contribution in [0.4, 0.5) is 0 Å². The van der Waals surface area contributed by atoms with Gasteiger partial charge in [-0.25, -0.2) is 0 Å². The van der Waals surface area contributed by atoms with Gasteiger partial charge in [0.15, 0.2) is 5.78 Å². The molecule has 156 valence electrons. The molecule has 1 atom stereocenters. The molecule has 0 saturated heterocycles. The third-order valence-electron chi connectivity index (χ3n) is 5.45. The number of nitrogens with zero attached hydrogens (tertiary/aromatic N) is 1. The van der Waals surface area contributed by atoms with Crippen LogP contribution in [0.5, 0.6) is 0 Å². The van der Waals surface area contributed by atoms with Crippen molar-refractivity contribution in [2.75, 3.05) is 26.7 Å². The first-order valence-corrected chi connectivity index (χ1v) is 11.0. The van der Waals surface area contributed by atoms with Gasteiger partial charge < -0.3 is 16.9 Å². The minimum Gasteiger partial charge on any atom is -1.00 e. The second-order valence-corrected chi connectivity index (χ2v) is 8.10. The number of likely N-dealkylation sites (N-methyl/N-ethyl adjacent to an activating group) is 1. The molecule has 0 aliphatic rings. The third kappa shape index (κ3) is 17.1. The molecule has 0 rings (SSSR count). The topological polar surface area (TPSA) is 17.1 Å². The number of ketones is 1. The predicted octanol–water partition coefficient (Wildman–Crippen LogP) is 3.69. The van der Waals surface area contributed by atoms with Gasteiger partial charge in [-0.3, -0.25) is 4.79 Å². The number of carbonyl (C=O) groups excluding carboxylic acids is 1. The van der Waals surface area contributed by atoms with Crippen LogP contribution < -0.4 is 12.4 Å². The number of Topliss-reactive ketones (excluding diaryl/α,β-unsaturated/α-hetero) is 1. The summed E-state index contributed by atoms with van der Waals surface area (Å²) in [6.07, 6.45) is 20.3. The van der Waals surface area contributed by atoms with E-state index in [0.717, 1.165) is 30.4 Å². The van der Waals surface area contributed by atoms with Crippen LogP contribution in [-0.4, -0.2) is 36.9 Å². The average molecular weight is 388 g/mol. The van der Waals surface area contributed by atoms with Gasteiger partial charge in [0.25, 0.3) is 0 Å². The lowest BCUT2D eigenvalue weighted by Gasteiger charge is -2.31. The number of hydrogen-bond acceptors (Lipinski definition) is 1. The summed E-state index contributed by atoms with van der Waals surface area (Å²) < 4.78 is 0.806. The summed E-state index contributed by atoms with van der Waals surface area (Å²) in [7, 11) is 2.16. The lowest BCUT2D eigenvalue weighted by Crippen LogP contribution is -3.00. The van der Waals surface area contributed by atoms with E-state index < -0.39 is 0 Å². The Bertz CT molecular complexity index is 332. The third-order valence-corrected chi connectivity index (χ3v) is 5.45. The van der Waals surface area contributed by atoms with Crippen molar-refractivity contribution in [3.05, 3.63) is 12.7 Å². The first kappa shape index (κ1) is 27.9. The zero-order chi connectivity index (χ0) is 18.8. The summed E-state index contributed by atoms with van der Waals surface area (Å²) in [5.74, 6) is 0.425. The van der Waals surface area contributed by atoms with Crippen molar-refractivity contribution in [1.82, 2.24) is 0 Å². The number of unbranched alkanes of at least 4 members (excludes halogenated alkanes) is 12. The van der Waals surface area contributed by atoms with Crippen LogP contribution in [0.15, 0.2) is 12.7 Å². The smallest absolute Gasteiger partial charge is 0.186 e. The zero-order valence-corrected chi connectivity index (χ0v) is 18.8. The van der Waals surface area contributed by atoms with Crippen LogP contribution in [0.3, 0.4) is 0 Å². The monoisotopic (exact) mass is 387 g/mol. The minimum atomic E-state index is 0. The highest BCUT2D eigenvalue weighted by Crippen LogP contribution is 2.13. The Kier molecular flexibility index (Phi) is 20.8. The van der Waals surface area contributed by atoms with E-state index in [1.54, 1.807) is 0 Å². The van der Waals surface area contributed by atoms with Gasteiger partial charge in [-0.15, -0.1) is 0 Å². The van der Waals surface area contributed by atoms with Crippen molar-refractivity contribution in [2.24, 2.45) is 0 Å². The van der Waals surface area contributed by atoms with E-state index >= 15 is 0 Å². The van der Waals surface area contributed by atoms with Gasteiger partial charge in [-0.1, -0.05) is 90.6 Å². The molecule has 1 unspecified atom stereocenters. The molecule has 0 bridgehead atoms. The summed E-state index contributed by atoms with van der Waals surface area (Å²) >= 11 is 0. The highest BCUT2D eigenvalue weighted by atomic mass is 35.5. The predicted molar refractivity (Wildman–Crippen MR) is 112 cm³/mol. The molecule has 0 aliphatic carbocycles. The number of quaternary nitrogens is 1. The van der Waals surface area contributed by atoms with Crippen LogP contribution in [0.25, 0.3) is 0 Å². The minimum absolute atomic E-state index is 0. The molecule has 0 radical (unpaired) electrons. The Morgan fingerprint density at radius 3 is 1.62 bits per heavy atom. The highest BCUT2D eigenvalue weighted by Gasteiger charge is 2.21. The molecule has 0 amide bonds. The molecule has 0 saturated carbocycles. The van der Waals surface area contributed by atoms with Crippen molar-refractivity contribution in [3.8, 4) is 0 Å². The van der Waals surface area contributed by atoms with Crippen molar-refractivity contribution >= 4 is 5.78 Å².